The van der Waals surface area contributed by atoms with Crippen molar-refractivity contribution in [2.24, 2.45) is 0 Å². The van der Waals surface area contributed by atoms with Gasteiger partial charge in [0.15, 0.2) is 0 Å². The first-order valence-electron chi connectivity index (χ1n) is 9.48. The van der Waals surface area contributed by atoms with Crippen LogP contribution >= 0.6 is 0 Å². The van der Waals surface area contributed by atoms with E-state index in [0.29, 0.717) is 13.1 Å². The molecule has 2 rings (SSSR count). The predicted molar refractivity (Wildman–Crippen MR) is 109 cm³/mol. The third-order valence-corrected chi connectivity index (χ3v) is 4.63. The molecule has 4 nitrogen and oxygen atoms in total. The van der Waals surface area contributed by atoms with Crippen LogP contribution in [0.2, 0.25) is 0 Å². The molecule has 26 heavy (non-hydrogen) atoms. The predicted octanol–water partition coefficient (Wildman–Crippen LogP) is 4.03. The molecule has 1 saturated heterocycles. The molecule has 2 N–H and O–H groups in total. The number of carbonyl (C=O) groups is 1. The van der Waals surface area contributed by atoms with Crippen LogP contribution in [0.25, 0.3) is 0 Å². The van der Waals surface area contributed by atoms with Gasteiger partial charge < -0.3 is 15.5 Å². The number of urea groups is 1. The van der Waals surface area contributed by atoms with Gasteiger partial charge in [0.25, 0.3) is 0 Å². The summed E-state index contributed by atoms with van der Waals surface area (Å²) in [6.07, 6.45) is 12.0. The standard InChI is InChI=1S/C22H31N3O/c1-3-5-7-10-19(4-2)17-24-22(26)25(21-13-15-23-16-14-21)18-20-11-8-6-9-12-20/h3-12,21,23H,13-18H2,1-2H3,(H,24,26)/b5-3-,10-7-,19-4+. The average molecular weight is 354 g/mol. The van der Waals surface area contributed by atoms with Gasteiger partial charge in [-0.25, -0.2) is 4.79 Å². The molecule has 0 unspecified atom stereocenters. The Hall–Kier alpha value is -2.33. The molecule has 1 aliphatic rings. The van der Waals surface area contributed by atoms with Gasteiger partial charge in [-0.2, -0.15) is 0 Å². The number of carbonyl (C=O) groups excluding carboxylic acids is 1. The second-order valence-corrected chi connectivity index (χ2v) is 6.50. The highest BCUT2D eigenvalue weighted by molar-refractivity contribution is 5.75. The summed E-state index contributed by atoms with van der Waals surface area (Å²) in [6.45, 7) is 7.11. The summed E-state index contributed by atoms with van der Waals surface area (Å²) in [5.41, 5.74) is 2.27. The zero-order chi connectivity index (χ0) is 18.6. The third kappa shape index (κ3) is 6.52. The van der Waals surface area contributed by atoms with Crippen LogP contribution in [0.1, 0.15) is 32.3 Å². The fraction of sp³-hybridized carbons (Fsp3) is 0.409. The van der Waals surface area contributed by atoms with Gasteiger partial charge in [-0.3, -0.25) is 0 Å². The molecule has 1 heterocycles. The van der Waals surface area contributed by atoms with Gasteiger partial charge in [0, 0.05) is 19.1 Å². The number of hydrogen-bond acceptors (Lipinski definition) is 2. The van der Waals surface area contributed by atoms with Crippen molar-refractivity contribution < 1.29 is 4.79 Å². The molecule has 0 saturated carbocycles. The summed E-state index contributed by atoms with van der Waals surface area (Å²) in [6, 6.07) is 10.5. The van der Waals surface area contributed by atoms with Crippen molar-refractivity contribution in [1.82, 2.24) is 15.5 Å². The van der Waals surface area contributed by atoms with Crippen LogP contribution in [0, 0.1) is 0 Å². The van der Waals surface area contributed by atoms with Crippen LogP contribution in [0.5, 0.6) is 0 Å². The molecular weight excluding hydrogens is 322 g/mol. The second-order valence-electron chi connectivity index (χ2n) is 6.50. The van der Waals surface area contributed by atoms with Gasteiger partial charge in [0.1, 0.15) is 0 Å². The van der Waals surface area contributed by atoms with E-state index in [1.165, 1.54) is 5.56 Å². The number of allylic oxidation sites excluding steroid dienone is 4. The number of nitrogens with zero attached hydrogens (tertiary/aromatic N) is 1. The number of hydrogen-bond donors (Lipinski definition) is 2. The zero-order valence-electron chi connectivity index (χ0n) is 15.9. The molecule has 140 valence electrons. The minimum Gasteiger partial charge on any atom is -0.334 e. The van der Waals surface area contributed by atoms with E-state index in [4.69, 9.17) is 0 Å². The maximum Gasteiger partial charge on any atom is 0.318 e. The van der Waals surface area contributed by atoms with Crippen molar-refractivity contribution in [3.8, 4) is 0 Å². The van der Waals surface area contributed by atoms with Crippen molar-refractivity contribution in [2.75, 3.05) is 19.6 Å². The quantitative estimate of drug-likeness (QED) is 0.727. The topological polar surface area (TPSA) is 44.4 Å². The molecule has 1 fully saturated rings. The molecule has 0 aromatic heterocycles. The van der Waals surface area contributed by atoms with Gasteiger partial charge in [0.2, 0.25) is 0 Å². The van der Waals surface area contributed by atoms with E-state index in [0.717, 1.165) is 31.5 Å². The molecule has 2 amide bonds. The smallest absolute Gasteiger partial charge is 0.318 e. The minimum atomic E-state index is 0.0135. The van der Waals surface area contributed by atoms with Crippen LogP contribution < -0.4 is 10.6 Å². The lowest BCUT2D eigenvalue weighted by Crippen LogP contribution is -2.49. The number of rotatable bonds is 7. The highest BCUT2D eigenvalue weighted by atomic mass is 16.2. The summed E-state index contributed by atoms with van der Waals surface area (Å²) in [4.78, 5) is 14.9. The van der Waals surface area contributed by atoms with E-state index in [-0.39, 0.29) is 12.1 Å². The van der Waals surface area contributed by atoms with Gasteiger partial charge in [-0.1, -0.05) is 60.7 Å². The largest absolute Gasteiger partial charge is 0.334 e. The molecule has 4 heteroatoms. The molecule has 0 atom stereocenters. The Balaban J connectivity index is 2.02. The molecule has 1 aliphatic heterocycles. The van der Waals surface area contributed by atoms with Crippen molar-refractivity contribution in [1.29, 1.82) is 0 Å². The Kier molecular flexibility index (Phi) is 8.70. The molecule has 0 spiro atoms. The zero-order valence-corrected chi connectivity index (χ0v) is 15.9. The van der Waals surface area contributed by atoms with Crippen LogP contribution in [0.4, 0.5) is 4.79 Å². The summed E-state index contributed by atoms with van der Waals surface area (Å²) in [7, 11) is 0. The highest BCUT2D eigenvalue weighted by Crippen LogP contribution is 2.16. The number of benzene rings is 1. The Morgan fingerprint density at radius 3 is 2.58 bits per heavy atom. The lowest BCUT2D eigenvalue weighted by atomic mass is 10.0. The summed E-state index contributed by atoms with van der Waals surface area (Å²) >= 11 is 0. The normalized spacial score (nSPS) is 16.3. The van der Waals surface area contributed by atoms with E-state index < -0.39 is 0 Å². The summed E-state index contributed by atoms with van der Waals surface area (Å²) in [5, 5.41) is 6.48. The lowest BCUT2D eigenvalue weighted by Gasteiger charge is -2.35. The lowest BCUT2D eigenvalue weighted by molar-refractivity contribution is 0.155. The molecule has 1 aromatic carbocycles. The number of piperidine rings is 1. The van der Waals surface area contributed by atoms with E-state index in [1.807, 2.05) is 67.3 Å². The van der Waals surface area contributed by atoms with Crippen LogP contribution in [-0.2, 0) is 6.54 Å². The van der Waals surface area contributed by atoms with E-state index in [1.54, 1.807) is 0 Å². The molecular formula is C22H31N3O. The maximum absolute atomic E-state index is 12.9. The fourth-order valence-corrected chi connectivity index (χ4v) is 3.09. The minimum absolute atomic E-state index is 0.0135. The number of amides is 2. The maximum atomic E-state index is 12.9. The van der Waals surface area contributed by atoms with E-state index >= 15 is 0 Å². The van der Waals surface area contributed by atoms with Gasteiger partial charge >= 0.3 is 6.03 Å². The van der Waals surface area contributed by atoms with Gasteiger partial charge in [0.05, 0.1) is 0 Å². The summed E-state index contributed by atoms with van der Waals surface area (Å²) in [5.74, 6) is 0. The molecule has 1 aromatic rings. The van der Waals surface area contributed by atoms with Crippen molar-refractivity contribution >= 4 is 6.03 Å². The average Bonchev–Trinajstić information content (AvgIpc) is 2.70. The summed E-state index contributed by atoms with van der Waals surface area (Å²) < 4.78 is 0. The number of nitrogens with one attached hydrogen (secondary N) is 2. The Morgan fingerprint density at radius 1 is 1.19 bits per heavy atom. The molecule has 0 radical (unpaired) electrons. The van der Waals surface area contributed by atoms with Gasteiger partial charge in [-0.05, 0) is 50.9 Å². The molecule has 0 aliphatic carbocycles. The van der Waals surface area contributed by atoms with Crippen LogP contribution in [0.3, 0.4) is 0 Å². The Labute approximate surface area is 157 Å². The van der Waals surface area contributed by atoms with Crippen molar-refractivity contribution in [3.63, 3.8) is 0 Å². The Morgan fingerprint density at radius 2 is 1.92 bits per heavy atom. The van der Waals surface area contributed by atoms with Crippen LogP contribution in [-0.4, -0.2) is 36.6 Å². The highest BCUT2D eigenvalue weighted by Gasteiger charge is 2.25. The van der Waals surface area contributed by atoms with Gasteiger partial charge in [-0.15, -0.1) is 0 Å². The first-order valence-corrected chi connectivity index (χ1v) is 9.48. The Bertz CT molecular complexity index is 628. The first-order chi connectivity index (χ1) is 12.7. The molecule has 0 bridgehead atoms. The monoisotopic (exact) mass is 353 g/mol. The first kappa shape index (κ1) is 20.0. The fourth-order valence-electron chi connectivity index (χ4n) is 3.09. The SMILES string of the molecule is C\C=C/C=C\C(=C/C)CNC(=O)N(Cc1ccccc1)C1CCNCC1. The van der Waals surface area contributed by atoms with Crippen molar-refractivity contribution in [3.05, 3.63) is 71.8 Å². The second kappa shape index (κ2) is 11.3. The van der Waals surface area contributed by atoms with Crippen molar-refractivity contribution in [2.45, 2.75) is 39.3 Å². The van der Waals surface area contributed by atoms with E-state index in [2.05, 4.69) is 22.8 Å². The van der Waals surface area contributed by atoms with Crippen LogP contribution in [0.15, 0.2) is 66.3 Å². The van der Waals surface area contributed by atoms with E-state index in [9.17, 15) is 4.79 Å². The third-order valence-electron chi connectivity index (χ3n) is 4.63.